The van der Waals surface area contributed by atoms with Gasteiger partial charge in [-0.2, -0.15) is 0 Å². The van der Waals surface area contributed by atoms with Crippen LogP contribution in [0.4, 0.5) is 11.4 Å². The average molecular weight is 433 g/mol. The van der Waals surface area contributed by atoms with E-state index in [0.717, 1.165) is 10.9 Å². The van der Waals surface area contributed by atoms with Gasteiger partial charge in [-0.3, -0.25) is 9.59 Å². The van der Waals surface area contributed by atoms with Crippen LogP contribution in [0.3, 0.4) is 0 Å². The number of hydrogen-bond donors (Lipinski definition) is 2. The average Bonchev–Trinajstić information content (AvgIpc) is 2.61. The lowest BCUT2D eigenvalue weighted by Crippen LogP contribution is -2.15. The SMILES string of the molecule is CCCC(=O)Nc1cccc(NC(=O)c2cc(Br)ccc2OCC(C)C)c1. The topological polar surface area (TPSA) is 67.4 Å². The minimum absolute atomic E-state index is 0.0441. The second-order valence-electron chi connectivity index (χ2n) is 6.68. The Morgan fingerprint density at radius 2 is 1.78 bits per heavy atom. The fourth-order valence-corrected chi connectivity index (χ4v) is 2.75. The van der Waals surface area contributed by atoms with Crippen LogP contribution in [-0.4, -0.2) is 18.4 Å². The molecule has 2 N–H and O–H groups in total. The highest BCUT2D eigenvalue weighted by Gasteiger charge is 2.14. The van der Waals surface area contributed by atoms with Gasteiger partial charge < -0.3 is 15.4 Å². The quantitative estimate of drug-likeness (QED) is 0.580. The van der Waals surface area contributed by atoms with E-state index in [4.69, 9.17) is 4.74 Å². The Balaban J connectivity index is 2.15. The van der Waals surface area contributed by atoms with Gasteiger partial charge >= 0.3 is 0 Å². The normalized spacial score (nSPS) is 10.6. The highest BCUT2D eigenvalue weighted by Crippen LogP contribution is 2.25. The van der Waals surface area contributed by atoms with Crippen LogP contribution in [0.15, 0.2) is 46.9 Å². The molecule has 144 valence electrons. The van der Waals surface area contributed by atoms with Crippen molar-refractivity contribution in [2.45, 2.75) is 33.6 Å². The van der Waals surface area contributed by atoms with E-state index < -0.39 is 0 Å². The fourth-order valence-electron chi connectivity index (χ4n) is 2.39. The van der Waals surface area contributed by atoms with Gasteiger partial charge in [0.2, 0.25) is 5.91 Å². The van der Waals surface area contributed by atoms with E-state index in [9.17, 15) is 9.59 Å². The van der Waals surface area contributed by atoms with Gasteiger partial charge in [-0.25, -0.2) is 0 Å². The van der Waals surface area contributed by atoms with Crippen LogP contribution >= 0.6 is 15.9 Å². The third kappa shape index (κ3) is 6.71. The lowest BCUT2D eigenvalue weighted by molar-refractivity contribution is -0.116. The van der Waals surface area contributed by atoms with E-state index in [0.29, 0.717) is 41.6 Å². The van der Waals surface area contributed by atoms with Crippen molar-refractivity contribution in [3.63, 3.8) is 0 Å². The highest BCUT2D eigenvalue weighted by molar-refractivity contribution is 9.10. The summed E-state index contributed by atoms with van der Waals surface area (Å²) in [5.41, 5.74) is 1.70. The van der Waals surface area contributed by atoms with Gasteiger partial charge in [-0.05, 0) is 48.7 Å². The Hall–Kier alpha value is -2.34. The minimum Gasteiger partial charge on any atom is -0.492 e. The Kier molecular flexibility index (Phi) is 7.85. The summed E-state index contributed by atoms with van der Waals surface area (Å²) in [5, 5.41) is 5.70. The van der Waals surface area contributed by atoms with Crippen LogP contribution in [0.2, 0.25) is 0 Å². The molecule has 0 spiro atoms. The van der Waals surface area contributed by atoms with Gasteiger partial charge in [-0.15, -0.1) is 0 Å². The van der Waals surface area contributed by atoms with Crippen molar-refractivity contribution in [1.29, 1.82) is 0 Å². The Labute approximate surface area is 168 Å². The molecule has 0 aliphatic rings. The number of hydrogen-bond acceptors (Lipinski definition) is 3. The first-order valence-electron chi connectivity index (χ1n) is 9.02. The summed E-state index contributed by atoms with van der Waals surface area (Å²) in [7, 11) is 0. The number of carbonyl (C=O) groups excluding carboxylic acids is 2. The predicted octanol–water partition coefficient (Wildman–Crippen LogP) is 5.47. The van der Waals surface area contributed by atoms with E-state index in [1.165, 1.54) is 0 Å². The standard InChI is InChI=1S/C21H25BrN2O3/c1-4-6-20(25)23-16-7-5-8-17(12-16)24-21(26)18-11-15(22)9-10-19(18)27-13-14(2)3/h5,7-12,14H,4,6,13H2,1-3H3,(H,23,25)(H,24,26). The van der Waals surface area contributed by atoms with E-state index in [-0.39, 0.29) is 11.8 Å². The first kappa shape index (κ1) is 21.0. The second-order valence-corrected chi connectivity index (χ2v) is 7.59. The van der Waals surface area contributed by atoms with Crippen LogP contribution in [0.5, 0.6) is 5.75 Å². The molecule has 6 heteroatoms. The largest absolute Gasteiger partial charge is 0.492 e. The molecule has 0 atom stereocenters. The maximum absolute atomic E-state index is 12.8. The molecule has 0 bridgehead atoms. The van der Waals surface area contributed by atoms with E-state index in [1.807, 2.05) is 13.0 Å². The summed E-state index contributed by atoms with van der Waals surface area (Å²) in [6.45, 7) is 6.59. The molecule has 0 aliphatic heterocycles. The summed E-state index contributed by atoms with van der Waals surface area (Å²) in [5.74, 6) is 0.578. The van der Waals surface area contributed by atoms with Crippen LogP contribution in [-0.2, 0) is 4.79 Å². The summed E-state index contributed by atoms with van der Waals surface area (Å²) in [6.07, 6.45) is 1.25. The monoisotopic (exact) mass is 432 g/mol. The molecule has 2 amide bonds. The van der Waals surface area contributed by atoms with Gasteiger partial charge in [0.05, 0.1) is 12.2 Å². The van der Waals surface area contributed by atoms with Crippen LogP contribution in [0, 0.1) is 5.92 Å². The zero-order valence-corrected chi connectivity index (χ0v) is 17.4. The molecule has 2 rings (SSSR count). The Morgan fingerprint density at radius 3 is 2.44 bits per heavy atom. The molecular formula is C21H25BrN2O3. The summed E-state index contributed by atoms with van der Waals surface area (Å²) in [4.78, 5) is 24.5. The number of halogens is 1. The van der Waals surface area contributed by atoms with Gasteiger partial charge in [0.15, 0.2) is 0 Å². The van der Waals surface area contributed by atoms with Crippen LogP contribution in [0.25, 0.3) is 0 Å². The number of rotatable bonds is 8. The van der Waals surface area contributed by atoms with Crippen molar-refractivity contribution in [3.8, 4) is 5.75 Å². The number of nitrogens with one attached hydrogen (secondary N) is 2. The summed E-state index contributed by atoms with van der Waals surface area (Å²) in [6, 6.07) is 12.4. The first-order valence-corrected chi connectivity index (χ1v) is 9.82. The molecule has 27 heavy (non-hydrogen) atoms. The summed E-state index contributed by atoms with van der Waals surface area (Å²) < 4.78 is 6.57. The maximum atomic E-state index is 12.8. The number of ether oxygens (including phenoxy) is 1. The Bertz CT molecular complexity index is 806. The number of benzene rings is 2. The lowest BCUT2D eigenvalue weighted by atomic mass is 10.1. The van der Waals surface area contributed by atoms with Crippen LogP contribution < -0.4 is 15.4 Å². The van der Waals surface area contributed by atoms with Crippen molar-refractivity contribution < 1.29 is 14.3 Å². The molecule has 0 unspecified atom stereocenters. The minimum atomic E-state index is -0.271. The van der Waals surface area contributed by atoms with Crippen molar-refractivity contribution in [2.75, 3.05) is 17.2 Å². The number of anilines is 2. The Morgan fingerprint density at radius 1 is 1.07 bits per heavy atom. The van der Waals surface area contributed by atoms with Gasteiger partial charge in [0, 0.05) is 22.3 Å². The van der Waals surface area contributed by atoms with Gasteiger partial charge in [0.1, 0.15) is 5.75 Å². The van der Waals surface area contributed by atoms with E-state index in [2.05, 4.69) is 40.4 Å². The van der Waals surface area contributed by atoms with Crippen molar-refractivity contribution >= 4 is 39.1 Å². The second kappa shape index (κ2) is 10.1. The summed E-state index contributed by atoms with van der Waals surface area (Å²) >= 11 is 3.40. The molecule has 2 aromatic rings. The molecule has 0 saturated heterocycles. The molecule has 0 radical (unpaired) electrons. The van der Waals surface area contributed by atoms with E-state index >= 15 is 0 Å². The number of carbonyl (C=O) groups is 2. The zero-order valence-electron chi connectivity index (χ0n) is 15.8. The van der Waals surface area contributed by atoms with E-state index in [1.54, 1.807) is 36.4 Å². The first-order chi connectivity index (χ1) is 12.9. The molecular weight excluding hydrogens is 408 g/mol. The fraction of sp³-hybridized carbons (Fsp3) is 0.333. The lowest BCUT2D eigenvalue weighted by Gasteiger charge is -2.14. The van der Waals surface area contributed by atoms with Crippen molar-refractivity contribution in [2.24, 2.45) is 5.92 Å². The number of amides is 2. The molecule has 0 heterocycles. The molecule has 0 aromatic heterocycles. The molecule has 0 saturated carbocycles. The van der Waals surface area contributed by atoms with Crippen molar-refractivity contribution in [3.05, 3.63) is 52.5 Å². The third-order valence-electron chi connectivity index (χ3n) is 3.64. The zero-order chi connectivity index (χ0) is 19.8. The maximum Gasteiger partial charge on any atom is 0.259 e. The highest BCUT2D eigenvalue weighted by atomic mass is 79.9. The molecule has 2 aromatic carbocycles. The van der Waals surface area contributed by atoms with Gasteiger partial charge in [0.25, 0.3) is 5.91 Å². The van der Waals surface area contributed by atoms with Crippen molar-refractivity contribution in [1.82, 2.24) is 0 Å². The van der Waals surface area contributed by atoms with Crippen LogP contribution in [0.1, 0.15) is 44.0 Å². The predicted molar refractivity (Wildman–Crippen MR) is 112 cm³/mol. The smallest absolute Gasteiger partial charge is 0.259 e. The van der Waals surface area contributed by atoms with Gasteiger partial charge in [-0.1, -0.05) is 42.8 Å². The molecule has 0 fully saturated rings. The molecule has 0 aliphatic carbocycles. The third-order valence-corrected chi connectivity index (χ3v) is 4.13. The molecule has 5 nitrogen and oxygen atoms in total.